The number of hydrogen-bond donors (Lipinski definition) is 4. The van der Waals surface area contributed by atoms with Crippen molar-refractivity contribution < 1.29 is 85.9 Å². The Morgan fingerprint density at radius 3 is 2.37 bits per heavy atom. The van der Waals surface area contributed by atoms with E-state index in [1.54, 1.807) is 20.8 Å². The van der Waals surface area contributed by atoms with E-state index in [0.717, 1.165) is 6.07 Å². The maximum Gasteiger partial charge on any atom is 1.00 e. The molecule has 38 heavy (non-hydrogen) atoms. The number of phenolic OH excluding ortho intramolecular Hbond substituents is 1. The number of carboxylic acids is 1. The van der Waals surface area contributed by atoms with Crippen molar-refractivity contribution in [3.63, 3.8) is 0 Å². The van der Waals surface area contributed by atoms with Gasteiger partial charge in [-0.2, -0.15) is 0 Å². The fourth-order valence-corrected chi connectivity index (χ4v) is 6.15. The first-order valence-corrected chi connectivity index (χ1v) is 12.3. The van der Waals surface area contributed by atoms with E-state index in [2.05, 4.69) is 10.6 Å². The van der Waals surface area contributed by atoms with Crippen LogP contribution in [0.2, 0.25) is 0 Å². The van der Waals surface area contributed by atoms with Crippen molar-refractivity contribution >= 4 is 35.5 Å². The van der Waals surface area contributed by atoms with Crippen LogP contribution >= 0.6 is 11.8 Å². The number of benzene rings is 1. The fourth-order valence-electron chi connectivity index (χ4n) is 4.53. The van der Waals surface area contributed by atoms with Gasteiger partial charge in [0.1, 0.15) is 28.8 Å². The van der Waals surface area contributed by atoms with Gasteiger partial charge in [-0.25, -0.2) is 0 Å². The van der Waals surface area contributed by atoms with Gasteiger partial charge < -0.3 is 40.2 Å². The van der Waals surface area contributed by atoms with Gasteiger partial charge in [-0.05, 0) is 38.5 Å². The molecule has 14 heteroatoms. The number of carbonyl (C=O) groups excluding carboxylic acids is 4. The number of thioether (sulfide) groups is 1. The van der Waals surface area contributed by atoms with Crippen LogP contribution in [0.1, 0.15) is 42.7 Å². The minimum Gasteiger partial charge on any atom is -0.548 e. The quantitative estimate of drug-likeness (QED) is 0.191. The summed E-state index contributed by atoms with van der Waals surface area (Å²) in [6, 6.07) is 2.74. The topological polar surface area (TPSA) is 181 Å². The van der Waals surface area contributed by atoms with Gasteiger partial charge in [0.05, 0.1) is 12.0 Å². The number of nitrogens with zero attached hydrogens (tertiary/aromatic N) is 2. The second-order valence-electron chi connectivity index (χ2n) is 9.26. The molecule has 0 radical (unpaired) electrons. The predicted octanol–water partition coefficient (Wildman–Crippen LogP) is -3.95. The first kappa shape index (κ1) is 30.2. The number of β-lactam (4-membered cyclic amide) rings is 1. The van der Waals surface area contributed by atoms with E-state index >= 15 is 0 Å². The maximum atomic E-state index is 13.4. The van der Waals surface area contributed by atoms with Crippen LogP contribution in [-0.4, -0.2) is 65.6 Å². The Hall–Kier alpha value is -2.36. The minimum absolute atomic E-state index is 0. The number of carboxylic acid groups (broad SMARTS) is 1. The van der Waals surface area contributed by atoms with Gasteiger partial charge in [-0.1, -0.05) is 12.1 Å². The molecule has 2 aromatic rings. The summed E-state index contributed by atoms with van der Waals surface area (Å²) in [7, 11) is 0. The third kappa shape index (κ3) is 5.51. The molecule has 3 heterocycles. The summed E-state index contributed by atoms with van der Waals surface area (Å²) in [5.74, 6) is -4.06. The van der Waals surface area contributed by atoms with Gasteiger partial charge in [0, 0.05) is 23.6 Å². The van der Waals surface area contributed by atoms with Crippen molar-refractivity contribution in [1.82, 2.24) is 20.1 Å². The van der Waals surface area contributed by atoms with Crippen molar-refractivity contribution in [2.75, 3.05) is 0 Å². The molecule has 0 bridgehead atoms. The molecule has 3 amide bonds. The van der Waals surface area contributed by atoms with Crippen LogP contribution in [0.5, 0.6) is 11.6 Å². The maximum absolute atomic E-state index is 13.4. The Kier molecular flexibility index (Phi) is 9.05. The van der Waals surface area contributed by atoms with Crippen LogP contribution in [0.25, 0.3) is 0 Å². The zero-order chi connectivity index (χ0) is 27.2. The predicted molar refractivity (Wildman–Crippen MR) is 129 cm³/mol. The van der Waals surface area contributed by atoms with Crippen LogP contribution in [0.15, 0.2) is 41.3 Å². The van der Waals surface area contributed by atoms with Gasteiger partial charge in [0.25, 0.3) is 5.91 Å². The van der Waals surface area contributed by atoms with Crippen molar-refractivity contribution in [2.24, 2.45) is 0 Å². The molecule has 0 spiro atoms. The van der Waals surface area contributed by atoms with Gasteiger partial charge in [0.2, 0.25) is 11.8 Å². The molecule has 196 valence electrons. The van der Waals surface area contributed by atoms with Crippen molar-refractivity contribution in [3.05, 3.63) is 57.9 Å². The monoisotopic (exact) mass is 568 g/mol. The number of amides is 3. The number of carbonyl (C=O) groups is 4. The number of aryl methyl sites for hydroxylation is 1. The van der Waals surface area contributed by atoms with Crippen LogP contribution in [0.4, 0.5) is 0 Å². The van der Waals surface area contributed by atoms with E-state index in [4.69, 9.17) is 0 Å². The number of aliphatic carboxylic acids is 1. The number of fused-ring (bicyclic) bond motifs is 1. The first-order chi connectivity index (χ1) is 17.4. The third-order valence-corrected chi connectivity index (χ3v) is 7.99. The number of phenols is 1. The summed E-state index contributed by atoms with van der Waals surface area (Å²) in [4.78, 5) is 64.3. The number of rotatable bonds is 7. The second kappa shape index (κ2) is 11.4. The van der Waals surface area contributed by atoms with Crippen LogP contribution in [0, 0.1) is 0 Å². The Bertz CT molecular complexity index is 1350. The number of pyridine rings is 1. The number of aromatic hydroxyl groups is 2. The molecule has 4 N–H and O–H groups in total. The smallest absolute Gasteiger partial charge is 0.548 e. The summed E-state index contributed by atoms with van der Waals surface area (Å²) in [6.07, 6.45) is 1.17. The molecule has 1 unspecified atom stereocenters. The fraction of sp³-hybridized carbons (Fsp3) is 0.375. The molecule has 2 saturated heterocycles. The normalized spacial score (nSPS) is 21.9. The molecule has 2 aliphatic rings. The van der Waals surface area contributed by atoms with E-state index in [9.17, 15) is 39.3 Å². The Labute approximate surface area is 264 Å². The second-order valence-corrected chi connectivity index (χ2v) is 11.0. The Balaban J connectivity index is 0.00000400. The third-order valence-electron chi connectivity index (χ3n) is 6.42. The minimum atomic E-state index is -1.39. The molecule has 1 aromatic heterocycles. The van der Waals surface area contributed by atoms with Gasteiger partial charge in [-0.15, -0.1) is 11.8 Å². The van der Waals surface area contributed by atoms with Gasteiger partial charge >= 0.3 is 51.4 Å². The van der Waals surface area contributed by atoms with E-state index < -0.39 is 57.4 Å². The summed E-state index contributed by atoms with van der Waals surface area (Å²) in [6.45, 7) is 5.31. The zero-order valence-electron chi connectivity index (χ0n) is 21.1. The van der Waals surface area contributed by atoms with E-state index in [1.807, 2.05) is 0 Å². The first-order valence-electron chi connectivity index (χ1n) is 11.4. The Morgan fingerprint density at radius 2 is 1.79 bits per heavy atom. The number of hydrogen-bond acceptors (Lipinski definition) is 9. The molecule has 4 rings (SSSR count). The van der Waals surface area contributed by atoms with Crippen LogP contribution in [-0.2, 0) is 20.9 Å². The van der Waals surface area contributed by atoms with Crippen molar-refractivity contribution in [1.29, 1.82) is 0 Å². The van der Waals surface area contributed by atoms with Gasteiger partial charge in [-0.3, -0.25) is 19.2 Å². The molecule has 0 saturated carbocycles. The molecule has 2 aliphatic heterocycles. The molecular formula is C24H25KN4O8S. The average Bonchev–Trinajstić information content (AvgIpc) is 3.09. The molecule has 12 nitrogen and oxygen atoms in total. The van der Waals surface area contributed by atoms with Crippen LogP contribution < -0.4 is 72.6 Å². The van der Waals surface area contributed by atoms with E-state index in [-0.39, 0.29) is 80.7 Å². The van der Waals surface area contributed by atoms with E-state index in [0.29, 0.717) is 0 Å². The summed E-state index contributed by atoms with van der Waals surface area (Å²) in [5, 5.41) is 35.6. The van der Waals surface area contributed by atoms with Crippen molar-refractivity contribution in [2.45, 2.75) is 55.6 Å². The van der Waals surface area contributed by atoms with Crippen molar-refractivity contribution in [3.8, 4) is 11.6 Å². The Morgan fingerprint density at radius 1 is 1.16 bits per heavy atom. The van der Waals surface area contributed by atoms with E-state index in [1.165, 1.54) is 51.7 Å². The summed E-state index contributed by atoms with van der Waals surface area (Å²) < 4.78 is 0.432. The van der Waals surface area contributed by atoms with Crippen LogP contribution in [0.3, 0.4) is 0 Å². The summed E-state index contributed by atoms with van der Waals surface area (Å²) in [5.41, 5.74) is -0.812. The molecular weight excluding hydrogens is 543 g/mol. The molecule has 0 aliphatic carbocycles. The standard InChI is InChI=1S/C24H26N4O8S.K/c1-4-27-10-13(14(30)9-15(27)31)19(32)25-16(11-5-7-12(29)8-6-11)20(33)26-17-21(34)28-18(23(35)36)24(2,3)37-22(17)28;/h5-10,16-18,22,29,31H,4H2,1-3H3,(H,25,32)(H,26,33)(H,35,36);/q;+1/p-1/t16?,17-,18+,22-;/m1./s1. The van der Waals surface area contributed by atoms with Gasteiger partial charge in [0.15, 0.2) is 11.3 Å². The summed E-state index contributed by atoms with van der Waals surface area (Å²) >= 11 is 1.22. The number of aromatic nitrogens is 1. The molecule has 1 aromatic carbocycles. The molecule has 4 atom stereocenters. The average molecular weight is 569 g/mol. The SMILES string of the molecule is CCn1cc(C(=O)NC(C(=O)N[C@@H]2C(=O)N3[C@@H]2SC(C)(C)[C@@H]3C(=O)[O-])c2ccc(O)cc2)c(=O)cc1O.[K+]. The zero-order valence-corrected chi connectivity index (χ0v) is 25.1. The largest absolute Gasteiger partial charge is 1.00 e. The molecule has 2 fully saturated rings. The number of nitrogens with one attached hydrogen (secondary N) is 2.